The van der Waals surface area contributed by atoms with Crippen molar-refractivity contribution < 1.29 is 53.9 Å². The van der Waals surface area contributed by atoms with Crippen LogP contribution in [-0.4, -0.2) is 50.4 Å². The predicted octanol–water partition coefficient (Wildman–Crippen LogP) is 6.04. The van der Waals surface area contributed by atoms with E-state index >= 15 is 8.78 Å². The molecule has 1 aliphatic heterocycles. The molecule has 280 valence electrons. The highest BCUT2D eigenvalue weighted by Crippen LogP contribution is 2.52. The van der Waals surface area contributed by atoms with Crippen molar-refractivity contribution >= 4 is 23.5 Å². The fourth-order valence-corrected chi connectivity index (χ4v) is 6.46. The maximum Gasteiger partial charge on any atom is 0.290 e. The quantitative estimate of drug-likeness (QED) is 0.189. The summed E-state index contributed by atoms with van der Waals surface area (Å²) in [6.45, 7) is -0.914. The Hall–Kier alpha value is -5.49. The molecule has 2 amide bonds. The average molecular weight is 754 g/mol. The van der Waals surface area contributed by atoms with Crippen LogP contribution in [0.15, 0.2) is 42.6 Å². The van der Waals surface area contributed by atoms with E-state index in [0.29, 0.717) is 6.07 Å². The second-order valence-corrected chi connectivity index (χ2v) is 12.6. The van der Waals surface area contributed by atoms with Gasteiger partial charge in [-0.1, -0.05) is 6.07 Å². The molecular weight excluding hydrogens is 725 g/mol. The molecule has 0 radical (unpaired) electrons. The number of benzene rings is 2. The smallest absolute Gasteiger partial charge is 0.290 e. The summed E-state index contributed by atoms with van der Waals surface area (Å²) in [5.41, 5.74) is -0.152. The number of hydrogen-bond donors (Lipinski definition) is 2. The summed E-state index contributed by atoms with van der Waals surface area (Å²) >= 11 is 0. The van der Waals surface area contributed by atoms with Gasteiger partial charge in [0.2, 0.25) is 11.9 Å². The molecule has 1 aliphatic carbocycles. The SMILES string of the molecule is NC(=O)c1cc(-c2cnc(N3CCC(=O)CC3)nc2[C@H](Cc2cc(F)cc(F)c2)NC(=O)Cn2nc(C(F)F)c3c2C(F)(F)CCC3(F)F)ccc1F. The topological polar surface area (TPSA) is 136 Å². The molecule has 0 spiro atoms. The van der Waals surface area contributed by atoms with Crippen LogP contribution in [0, 0.1) is 17.5 Å². The van der Waals surface area contributed by atoms with E-state index in [2.05, 4.69) is 20.4 Å². The number of rotatable bonds is 10. The molecule has 3 N–H and O–H groups in total. The van der Waals surface area contributed by atoms with Crippen LogP contribution in [0.2, 0.25) is 0 Å². The summed E-state index contributed by atoms with van der Waals surface area (Å²) in [6.07, 6.45) is -5.52. The Labute approximate surface area is 294 Å². The number of nitrogens with zero attached hydrogens (tertiary/aromatic N) is 5. The molecule has 19 heteroatoms. The van der Waals surface area contributed by atoms with Crippen molar-refractivity contribution in [2.75, 3.05) is 18.0 Å². The summed E-state index contributed by atoms with van der Waals surface area (Å²) < 4.78 is 131. The van der Waals surface area contributed by atoms with E-state index < -0.39 is 102 Å². The molecule has 1 saturated heterocycles. The van der Waals surface area contributed by atoms with E-state index in [1.807, 2.05) is 0 Å². The van der Waals surface area contributed by atoms with Gasteiger partial charge in [-0.15, -0.1) is 0 Å². The van der Waals surface area contributed by atoms with Gasteiger partial charge in [-0.25, -0.2) is 40.7 Å². The highest BCUT2D eigenvalue weighted by Gasteiger charge is 2.55. The zero-order chi connectivity index (χ0) is 38.4. The number of halogens is 9. The Kier molecular flexibility index (Phi) is 9.95. The van der Waals surface area contributed by atoms with Gasteiger partial charge in [-0.2, -0.15) is 13.9 Å². The molecule has 0 saturated carbocycles. The Balaban J connectivity index is 1.47. The van der Waals surface area contributed by atoms with E-state index in [1.54, 1.807) is 4.90 Å². The molecule has 53 heavy (non-hydrogen) atoms. The van der Waals surface area contributed by atoms with Crippen molar-refractivity contribution in [1.29, 1.82) is 0 Å². The lowest BCUT2D eigenvalue weighted by Crippen LogP contribution is -2.38. The highest BCUT2D eigenvalue weighted by molar-refractivity contribution is 5.94. The van der Waals surface area contributed by atoms with E-state index in [1.165, 1.54) is 12.3 Å². The van der Waals surface area contributed by atoms with Crippen molar-refractivity contribution in [2.24, 2.45) is 5.73 Å². The van der Waals surface area contributed by atoms with Gasteiger partial charge in [0.25, 0.3) is 24.2 Å². The number of hydrogen-bond acceptors (Lipinski definition) is 7. The second kappa shape index (κ2) is 14.1. The zero-order valence-electron chi connectivity index (χ0n) is 27.3. The van der Waals surface area contributed by atoms with E-state index in [9.17, 15) is 45.1 Å². The second-order valence-electron chi connectivity index (χ2n) is 12.6. The number of nitrogens with two attached hydrogens (primary N) is 1. The molecule has 2 aromatic carbocycles. The third-order valence-corrected chi connectivity index (χ3v) is 8.92. The molecule has 1 atom stereocenters. The van der Waals surface area contributed by atoms with Gasteiger partial charge in [-0.3, -0.25) is 19.1 Å². The van der Waals surface area contributed by atoms with Crippen LogP contribution in [-0.2, 0) is 34.4 Å². The molecule has 1 fully saturated rings. The van der Waals surface area contributed by atoms with E-state index in [-0.39, 0.29) is 64.7 Å². The van der Waals surface area contributed by atoms with Crippen LogP contribution >= 0.6 is 0 Å². The largest absolute Gasteiger partial charge is 0.366 e. The maximum absolute atomic E-state index is 15.1. The number of aromatic nitrogens is 4. The van der Waals surface area contributed by atoms with Gasteiger partial charge >= 0.3 is 0 Å². The van der Waals surface area contributed by atoms with Gasteiger partial charge in [0.15, 0.2) is 0 Å². The van der Waals surface area contributed by atoms with Crippen molar-refractivity contribution in [3.63, 3.8) is 0 Å². The predicted molar refractivity (Wildman–Crippen MR) is 168 cm³/mol. The number of ketones is 1. The standard InChI is InChI=1S/C34H28F9N7O3/c35-18-9-16(10-19(36)13-18)11-24(46-25(52)15-50-29-26(28(48-50)30(38)39)33(40,41)5-6-34(29,42)43)27-22(17-1-2-23(37)21(12-17)31(44)53)14-45-32(47-27)49-7-3-20(51)4-8-49/h1-2,9-10,12-14,24,30H,3-8,11,15H2,(H2,44,53)(H,46,52)/t24-/m0/s1. The van der Waals surface area contributed by atoms with Crippen LogP contribution in [0.1, 0.15) is 76.7 Å². The van der Waals surface area contributed by atoms with Crippen molar-refractivity contribution in [3.05, 3.63) is 93.8 Å². The zero-order valence-corrected chi connectivity index (χ0v) is 27.3. The lowest BCUT2D eigenvalue weighted by molar-refractivity contribution is -0.123. The van der Waals surface area contributed by atoms with Crippen molar-refractivity contribution in [1.82, 2.24) is 25.1 Å². The number of fused-ring (bicyclic) bond motifs is 1. The molecule has 2 aromatic heterocycles. The number of piperidine rings is 1. The van der Waals surface area contributed by atoms with E-state index in [4.69, 9.17) is 5.73 Å². The number of carbonyl (C=O) groups excluding carboxylic acids is 3. The van der Waals surface area contributed by atoms with Crippen LogP contribution < -0.4 is 16.0 Å². The molecule has 2 aliphatic rings. The first-order chi connectivity index (χ1) is 24.9. The van der Waals surface area contributed by atoms with Gasteiger partial charge in [0, 0.05) is 56.6 Å². The number of carbonyl (C=O) groups is 3. The van der Waals surface area contributed by atoms with Gasteiger partial charge in [0.1, 0.15) is 41.2 Å². The van der Waals surface area contributed by atoms with Crippen molar-refractivity contribution in [2.45, 2.75) is 63.0 Å². The molecular formula is C34H28F9N7O3. The van der Waals surface area contributed by atoms with Crippen molar-refractivity contribution in [3.8, 4) is 11.1 Å². The third kappa shape index (κ3) is 7.68. The summed E-state index contributed by atoms with van der Waals surface area (Å²) in [6, 6.07) is 4.13. The number of Topliss-reactive ketones (excluding diaryl/α,β-unsaturated/α-hetero) is 1. The van der Waals surface area contributed by atoms with Gasteiger partial charge in [-0.05, 0) is 41.8 Å². The normalized spacial score (nSPS) is 17.1. The number of nitrogens with one attached hydrogen (secondary N) is 1. The first-order valence-electron chi connectivity index (χ1n) is 16.1. The fourth-order valence-electron chi connectivity index (χ4n) is 6.46. The van der Waals surface area contributed by atoms with Crippen LogP contribution in [0.25, 0.3) is 11.1 Å². The molecule has 4 aromatic rings. The molecule has 0 bridgehead atoms. The molecule has 0 unspecified atom stereocenters. The van der Waals surface area contributed by atoms with Gasteiger partial charge < -0.3 is 16.0 Å². The summed E-state index contributed by atoms with van der Waals surface area (Å²) in [4.78, 5) is 48.2. The highest BCUT2D eigenvalue weighted by atomic mass is 19.3. The molecule has 10 nitrogen and oxygen atoms in total. The summed E-state index contributed by atoms with van der Waals surface area (Å²) in [7, 11) is 0. The minimum Gasteiger partial charge on any atom is -0.366 e. The summed E-state index contributed by atoms with van der Waals surface area (Å²) in [5, 5.41) is 5.76. The number of primary amides is 1. The average Bonchev–Trinajstić information content (AvgIpc) is 3.48. The number of alkyl halides is 6. The monoisotopic (exact) mass is 753 g/mol. The Morgan fingerprint density at radius 2 is 1.58 bits per heavy atom. The fraction of sp³-hybridized carbons (Fsp3) is 0.353. The summed E-state index contributed by atoms with van der Waals surface area (Å²) in [5.74, 6) is -13.6. The minimum atomic E-state index is -4.11. The first-order valence-corrected chi connectivity index (χ1v) is 16.1. The molecule has 3 heterocycles. The minimum absolute atomic E-state index is 0.0164. The Morgan fingerprint density at radius 3 is 2.23 bits per heavy atom. The number of amides is 2. The Morgan fingerprint density at radius 1 is 0.925 bits per heavy atom. The maximum atomic E-state index is 15.1. The van der Waals surface area contributed by atoms with Crippen LogP contribution in [0.3, 0.4) is 0 Å². The van der Waals surface area contributed by atoms with Crippen LogP contribution in [0.4, 0.5) is 45.5 Å². The number of anilines is 1. The first kappa shape index (κ1) is 37.3. The van der Waals surface area contributed by atoms with Gasteiger partial charge in [0.05, 0.1) is 22.9 Å². The lowest BCUT2D eigenvalue weighted by Gasteiger charge is -2.30. The lowest BCUT2D eigenvalue weighted by atomic mass is 9.89. The Bertz CT molecular complexity index is 2080. The third-order valence-electron chi connectivity index (χ3n) is 8.92. The molecule has 6 rings (SSSR count). The van der Waals surface area contributed by atoms with E-state index in [0.717, 1.165) is 24.3 Å². The van der Waals surface area contributed by atoms with Crippen LogP contribution in [0.5, 0.6) is 0 Å².